The van der Waals surface area contributed by atoms with Gasteiger partial charge in [-0.15, -0.1) is 0 Å². The molecule has 4 heterocycles. The van der Waals surface area contributed by atoms with Gasteiger partial charge in [-0.1, -0.05) is 18.2 Å². The van der Waals surface area contributed by atoms with Crippen LogP contribution in [0.3, 0.4) is 0 Å². The number of imidazole rings is 1. The molecule has 3 aromatic heterocycles. The van der Waals surface area contributed by atoms with Crippen LogP contribution in [0.1, 0.15) is 46.2 Å². The smallest absolute Gasteiger partial charge is 0.255 e. The van der Waals surface area contributed by atoms with E-state index in [2.05, 4.69) is 15.0 Å². The number of amides is 1. The molecule has 0 bridgehead atoms. The number of pyridine rings is 1. The minimum absolute atomic E-state index is 0.0389. The molecule has 8 heteroatoms. The second-order valence-corrected chi connectivity index (χ2v) is 8.37. The Labute approximate surface area is 198 Å². The van der Waals surface area contributed by atoms with Crippen molar-refractivity contribution < 1.29 is 9.53 Å². The van der Waals surface area contributed by atoms with Gasteiger partial charge in [-0.3, -0.25) is 14.8 Å². The second-order valence-electron chi connectivity index (χ2n) is 8.37. The lowest BCUT2D eigenvalue weighted by atomic mass is 10.1. The molecule has 0 saturated carbocycles. The van der Waals surface area contributed by atoms with Gasteiger partial charge >= 0.3 is 0 Å². The Morgan fingerprint density at radius 3 is 2.76 bits per heavy atom. The van der Waals surface area contributed by atoms with Gasteiger partial charge in [0, 0.05) is 49.9 Å². The molecule has 1 saturated heterocycles. The summed E-state index contributed by atoms with van der Waals surface area (Å²) in [7, 11) is 3.59. The Morgan fingerprint density at radius 2 is 2.00 bits per heavy atom. The molecule has 5 rings (SSSR count). The predicted molar refractivity (Wildman–Crippen MR) is 127 cm³/mol. The molecular formula is C26H26N6O2. The Morgan fingerprint density at radius 1 is 1.12 bits per heavy atom. The summed E-state index contributed by atoms with van der Waals surface area (Å²) >= 11 is 0. The lowest BCUT2D eigenvalue weighted by molar-refractivity contribution is 0.0732. The number of para-hydroxylation sites is 1. The molecule has 1 aliphatic heterocycles. The summed E-state index contributed by atoms with van der Waals surface area (Å²) in [5.74, 6) is 1.54. The third-order valence-corrected chi connectivity index (χ3v) is 6.19. The average Bonchev–Trinajstić information content (AvgIpc) is 3.54. The molecule has 1 atom stereocenters. The van der Waals surface area contributed by atoms with Gasteiger partial charge < -0.3 is 14.2 Å². The molecule has 0 aliphatic carbocycles. The van der Waals surface area contributed by atoms with Crippen molar-refractivity contribution in [2.24, 2.45) is 7.05 Å². The van der Waals surface area contributed by atoms with Gasteiger partial charge in [0.15, 0.2) is 5.82 Å². The van der Waals surface area contributed by atoms with Crippen LogP contribution >= 0.6 is 0 Å². The van der Waals surface area contributed by atoms with Crippen molar-refractivity contribution in [2.75, 3.05) is 13.7 Å². The molecule has 1 fully saturated rings. The van der Waals surface area contributed by atoms with E-state index in [1.807, 2.05) is 59.1 Å². The Bertz CT molecular complexity index is 1300. The SMILES string of the molecule is COc1ccccc1Cc1ccc(C(=O)N2CCC[C@@H]2c2cncc(-c3nccn3C)n2)cn1. The highest BCUT2D eigenvalue weighted by Gasteiger charge is 2.32. The molecule has 0 spiro atoms. The largest absolute Gasteiger partial charge is 0.496 e. The van der Waals surface area contributed by atoms with E-state index >= 15 is 0 Å². The molecule has 1 amide bonds. The van der Waals surface area contributed by atoms with E-state index in [9.17, 15) is 4.79 Å². The number of methoxy groups -OCH3 is 1. The fourth-order valence-electron chi connectivity index (χ4n) is 4.44. The molecule has 34 heavy (non-hydrogen) atoms. The Balaban J connectivity index is 1.34. The van der Waals surface area contributed by atoms with Crippen LogP contribution in [-0.4, -0.2) is 49.0 Å². The van der Waals surface area contributed by atoms with Crippen molar-refractivity contribution in [2.45, 2.75) is 25.3 Å². The van der Waals surface area contributed by atoms with E-state index in [0.717, 1.165) is 41.4 Å². The van der Waals surface area contributed by atoms with Crippen LogP contribution < -0.4 is 4.74 Å². The number of aryl methyl sites for hydroxylation is 1. The normalized spacial score (nSPS) is 15.5. The van der Waals surface area contributed by atoms with Crippen LogP contribution in [0, 0.1) is 0 Å². The first kappa shape index (κ1) is 21.8. The van der Waals surface area contributed by atoms with Gasteiger partial charge in [0.05, 0.1) is 36.8 Å². The van der Waals surface area contributed by atoms with Crippen molar-refractivity contribution in [3.63, 3.8) is 0 Å². The van der Waals surface area contributed by atoms with Crippen molar-refractivity contribution in [1.82, 2.24) is 29.4 Å². The Hall–Kier alpha value is -4.07. The fraction of sp³-hybridized carbons (Fsp3) is 0.269. The molecule has 1 aromatic carbocycles. The Kier molecular flexibility index (Phi) is 6.03. The minimum atomic E-state index is -0.117. The highest BCUT2D eigenvalue weighted by molar-refractivity contribution is 5.94. The summed E-state index contributed by atoms with van der Waals surface area (Å²) < 4.78 is 7.34. The zero-order chi connectivity index (χ0) is 23.5. The molecule has 0 radical (unpaired) electrons. The lowest BCUT2D eigenvalue weighted by Crippen LogP contribution is -2.31. The maximum Gasteiger partial charge on any atom is 0.255 e. The quantitative estimate of drug-likeness (QED) is 0.440. The summed E-state index contributed by atoms with van der Waals surface area (Å²) in [4.78, 5) is 33.3. The van der Waals surface area contributed by atoms with Crippen molar-refractivity contribution in [3.05, 3.63) is 89.9 Å². The number of rotatable bonds is 6. The maximum absolute atomic E-state index is 13.4. The molecule has 0 unspecified atom stereocenters. The number of aromatic nitrogens is 5. The van der Waals surface area contributed by atoms with Crippen LogP contribution in [0.4, 0.5) is 0 Å². The zero-order valence-corrected chi connectivity index (χ0v) is 19.3. The van der Waals surface area contributed by atoms with Crippen LogP contribution in [-0.2, 0) is 13.5 Å². The number of hydrogen-bond acceptors (Lipinski definition) is 6. The van der Waals surface area contributed by atoms with Crippen LogP contribution in [0.2, 0.25) is 0 Å². The summed E-state index contributed by atoms with van der Waals surface area (Å²) in [6.45, 7) is 0.681. The van der Waals surface area contributed by atoms with Gasteiger partial charge in [0.1, 0.15) is 11.4 Å². The van der Waals surface area contributed by atoms with Gasteiger partial charge in [-0.2, -0.15) is 0 Å². The highest BCUT2D eigenvalue weighted by atomic mass is 16.5. The number of likely N-dealkylation sites (tertiary alicyclic amines) is 1. The summed E-state index contributed by atoms with van der Waals surface area (Å²) in [5.41, 5.74) is 4.00. The van der Waals surface area contributed by atoms with Crippen molar-refractivity contribution >= 4 is 5.91 Å². The second kappa shape index (κ2) is 9.43. The van der Waals surface area contributed by atoms with Gasteiger partial charge in [-0.25, -0.2) is 9.97 Å². The minimum Gasteiger partial charge on any atom is -0.496 e. The number of nitrogens with zero attached hydrogens (tertiary/aromatic N) is 6. The zero-order valence-electron chi connectivity index (χ0n) is 19.3. The predicted octanol–water partition coefficient (Wildman–Crippen LogP) is 3.85. The standard InChI is InChI=1S/C26H26N6O2/c1-31-13-11-28-25(31)22-17-27-16-21(30-22)23-7-5-12-32(23)26(33)19-9-10-20(29-15-19)14-18-6-3-4-8-24(18)34-2/h3-4,6,8-11,13,15-17,23H,5,7,12,14H2,1-2H3/t23-/m1/s1. The van der Waals surface area contributed by atoms with Gasteiger partial charge in [0.2, 0.25) is 0 Å². The fourth-order valence-corrected chi connectivity index (χ4v) is 4.44. The summed E-state index contributed by atoms with van der Waals surface area (Å²) in [6.07, 6.45) is 11.1. The molecule has 172 valence electrons. The average molecular weight is 455 g/mol. The maximum atomic E-state index is 13.4. The summed E-state index contributed by atoms with van der Waals surface area (Å²) in [5, 5.41) is 0. The highest BCUT2D eigenvalue weighted by Crippen LogP contribution is 2.32. The molecular weight excluding hydrogens is 428 g/mol. The number of benzene rings is 1. The third-order valence-electron chi connectivity index (χ3n) is 6.19. The third kappa shape index (κ3) is 4.26. The molecule has 1 aliphatic rings. The van der Waals surface area contributed by atoms with Crippen LogP contribution in [0.5, 0.6) is 5.75 Å². The van der Waals surface area contributed by atoms with Crippen molar-refractivity contribution in [1.29, 1.82) is 0 Å². The van der Waals surface area contributed by atoms with Gasteiger partial charge in [-0.05, 0) is 31.0 Å². The van der Waals surface area contributed by atoms with E-state index in [4.69, 9.17) is 9.72 Å². The number of carbonyl (C=O) groups is 1. The van der Waals surface area contributed by atoms with Crippen LogP contribution in [0.15, 0.2) is 67.4 Å². The van der Waals surface area contributed by atoms with Crippen molar-refractivity contribution in [3.8, 4) is 17.3 Å². The first-order valence-corrected chi connectivity index (χ1v) is 11.3. The molecule has 0 N–H and O–H groups in total. The topological polar surface area (TPSA) is 86.0 Å². The number of ether oxygens (including phenoxy) is 1. The summed E-state index contributed by atoms with van der Waals surface area (Å²) in [6, 6.07) is 11.5. The van der Waals surface area contributed by atoms with Crippen LogP contribution in [0.25, 0.3) is 11.5 Å². The number of carbonyl (C=O) groups excluding carboxylic acids is 1. The lowest BCUT2D eigenvalue weighted by Gasteiger charge is -2.24. The van der Waals surface area contributed by atoms with E-state index in [1.165, 1.54) is 0 Å². The molecule has 8 nitrogen and oxygen atoms in total. The van der Waals surface area contributed by atoms with Gasteiger partial charge in [0.25, 0.3) is 5.91 Å². The first-order chi connectivity index (χ1) is 16.6. The van der Waals surface area contributed by atoms with E-state index in [-0.39, 0.29) is 11.9 Å². The van der Waals surface area contributed by atoms with E-state index < -0.39 is 0 Å². The van der Waals surface area contributed by atoms with E-state index in [0.29, 0.717) is 24.2 Å². The first-order valence-electron chi connectivity index (χ1n) is 11.3. The molecule has 4 aromatic rings. The number of hydrogen-bond donors (Lipinski definition) is 0. The van der Waals surface area contributed by atoms with E-state index in [1.54, 1.807) is 31.9 Å². The monoisotopic (exact) mass is 454 g/mol.